The lowest BCUT2D eigenvalue weighted by Crippen LogP contribution is -2.51. The van der Waals surface area contributed by atoms with Crippen LogP contribution in [0.15, 0.2) is 0 Å². The third-order valence-corrected chi connectivity index (χ3v) is 6.28. The number of piperidine rings is 1. The highest BCUT2D eigenvalue weighted by atomic mass is 32.2. The van der Waals surface area contributed by atoms with Gasteiger partial charge in [0.05, 0.1) is 4.99 Å². The van der Waals surface area contributed by atoms with E-state index in [2.05, 4.69) is 0 Å². The fourth-order valence-electron chi connectivity index (χ4n) is 2.34. The van der Waals surface area contributed by atoms with E-state index in [1.54, 1.807) is 4.31 Å². The molecular formula is C12H25N3O2S2. The summed E-state index contributed by atoms with van der Waals surface area (Å²) in [6.07, 6.45) is 2.97. The van der Waals surface area contributed by atoms with Gasteiger partial charge in [-0.05, 0) is 19.8 Å². The average molecular weight is 307 g/mol. The lowest BCUT2D eigenvalue weighted by molar-refractivity contribution is 0.243. The first-order valence-corrected chi connectivity index (χ1v) is 8.67. The van der Waals surface area contributed by atoms with Crippen molar-refractivity contribution >= 4 is 27.4 Å². The largest absolute Gasteiger partial charge is 0.393 e. The lowest BCUT2D eigenvalue weighted by Gasteiger charge is -2.36. The van der Waals surface area contributed by atoms with Gasteiger partial charge in [-0.15, -0.1) is 0 Å². The van der Waals surface area contributed by atoms with Gasteiger partial charge in [-0.1, -0.05) is 32.5 Å². The smallest absolute Gasteiger partial charge is 0.282 e. The molecule has 0 bridgehead atoms. The maximum absolute atomic E-state index is 12.7. The summed E-state index contributed by atoms with van der Waals surface area (Å²) in [4.78, 5) is 0.361. The highest BCUT2D eigenvalue weighted by molar-refractivity contribution is 7.86. The fraction of sp³-hybridized carbons (Fsp3) is 0.917. The van der Waals surface area contributed by atoms with E-state index in [1.807, 2.05) is 20.8 Å². The Morgan fingerprint density at radius 3 is 2.63 bits per heavy atom. The van der Waals surface area contributed by atoms with Crippen LogP contribution in [-0.4, -0.2) is 47.7 Å². The van der Waals surface area contributed by atoms with E-state index in [-0.39, 0.29) is 12.0 Å². The van der Waals surface area contributed by atoms with E-state index in [9.17, 15) is 8.42 Å². The second-order valence-corrected chi connectivity index (χ2v) is 7.57. The van der Waals surface area contributed by atoms with Crippen molar-refractivity contribution in [2.24, 2.45) is 11.7 Å². The Morgan fingerprint density at radius 2 is 2.16 bits per heavy atom. The maximum atomic E-state index is 12.7. The summed E-state index contributed by atoms with van der Waals surface area (Å²) in [6.45, 7) is 7.09. The second kappa shape index (κ2) is 6.97. The SMILES string of the molecule is CCN(CC(C)C(N)=S)S(=O)(=O)N1CCCCC1C. The fourth-order valence-corrected chi connectivity index (χ4v) is 4.37. The van der Waals surface area contributed by atoms with Crippen molar-refractivity contribution < 1.29 is 8.42 Å². The Balaban J connectivity index is 2.85. The monoisotopic (exact) mass is 307 g/mol. The van der Waals surface area contributed by atoms with Crippen LogP contribution in [-0.2, 0) is 10.2 Å². The van der Waals surface area contributed by atoms with Gasteiger partial charge in [-0.2, -0.15) is 17.0 Å². The predicted molar refractivity (Wildman–Crippen MR) is 82.1 cm³/mol. The summed E-state index contributed by atoms with van der Waals surface area (Å²) < 4.78 is 28.4. The molecule has 1 aliphatic heterocycles. The van der Waals surface area contributed by atoms with Crippen LogP contribution < -0.4 is 5.73 Å². The van der Waals surface area contributed by atoms with Crippen LogP contribution in [0.5, 0.6) is 0 Å². The highest BCUT2D eigenvalue weighted by Gasteiger charge is 2.34. The van der Waals surface area contributed by atoms with Crippen LogP contribution in [0.25, 0.3) is 0 Å². The molecule has 0 radical (unpaired) electrons. The molecule has 1 fully saturated rings. The number of nitrogens with two attached hydrogens (primary N) is 1. The molecule has 0 saturated carbocycles. The molecule has 0 aromatic rings. The van der Waals surface area contributed by atoms with E-state index in [0.29, 0.717) is 24.6 Å². The zero-order valence-electron chi connectivity index (χ0n) is 12.0. The standard InChI is InChI=1S/C12H25N3O2S2/c1-4-14(9-10(2)12(13)18)19(16,17)15-8-6-5-7-11(15)3/h10-11H,4-9H2,1-3H3,(H2,13,18). The van der Waals surface area contributed by atoms with Crippen LogP contribution in [0.3, 0.4) is 0 Å². The minimum absolute atomic E-state index is 0.0768. The topological polar surface area (TPSA) is 66.6 Å². The summed E-state index contributed by atoms with van der Waals surface area (Å²) in [5.74, 6) is -0.107. The van der Waals surface area contributed by atoms with Crippen molar-refractivity contribution in [1.29, 1.82) is 0 Å². The molecule has 0 aromatic heterocycles. The average Bonchev–Trinajstić information content (AvgIpc) is 2.35. The number of hydrogen-bond acceptors (Lipinski definition) is 3. The molecule has 19 heavy (non-hydrogen) atoms. The van der Waals surface area contributed by atoms with Crippen LogP contribution in [0, 0.1) is 5.92 Å². The molecule has 0 aromatic carbocycles. The van der Waals surface area contributed by atoms with Gasteiger partial charge in [0.1, 0.15) is 0 Å². The number of nitrogens with zero attached hydrogens (tertiary/aromatic N) is 2. The summed E-state index contributed by atoms with van der Waals surface area (Å²) in [5, 5.41) is 0. The van der Waals surface area contributed by atoms with Crippen LogP contribution in [0.2, 0.25) is 0 Å². The first-order valence-electron chi connectivity index (χ1n) is 6.87. The highest BCUT2D eigenvalue weighted by Crippen LogP contribution is 2.22. The van der Waals surface area contributed by atoms with Crippen molar-refractivity contribution in [3.05, 3.63) is 0 Å². The van der Waals surface area contributed by atoms with E-state index >= 15 is 0 Å². The molecule has 7 heteroatoms. The zero-order valence-corrected chi connectivity index (χ0v) is 13.6. The Bertz CT molecular complexity index is 411. The van der Waals surface area contributed by atoms with Gasteiger partial charge >= 0.3 is 0 Å². The molecule has 1 saturated heterocycles. The van der Waals surface area contributed by atoms with Gasteiger partial charge in [-0.3, -0.25) is 0 Å². The summed E-state index contributed by atoms with van der Waals surface area (Å²) in [6, 6.07) is 0.0768. The number of hydrogen-bond donors (Lipinski definition) is 1. The van der Waals surface area contributed by atoms with E-state index in [4.69, 9.17) is 18.0 Å². The molecule has 2 N–H and O–H groups in total. The lowest BCUT2D eigenvalue weighted by atomic mass is 10.1. The summed E-state index contributed by atoms with van der Waals surface area (Å²) in [7, 11) is -3.40. The van der Waals surface area contributed by atoms with Crippen LogP contribution in [0.1, 0.15) is 40.0 Å². The molecule has 2 unspecified atom stereocenters. The van der Waals surface area contributed by atoms with E-state index < -0.39 is 10.2 Å². The third kappa shape index (κ3) is 4.11. The molecule has 0 aliphatic carbocycles. The van der Waals surface area contributed by atoms with Crippen molar-refractivity contribution in [2.75, 3.05) is 19.6 Å². The summed E-state index contributed by atoms with van der Waals surface area (Å²) in [5.41, 5.74) is 5.58. The van der Waals surface area contributed by atoms with Gasteiger partial charge in [0.25, 0.3) is 10.2 Å². The van der Waals surface area contributed by atoms with Crippen molar-refractivity contribution in [1.82, 2.24) is 8.61 Å². The molecule has 1 aliphatic rings. The maximum Gasteiger partial charge on any atom is 0.282 e. The van der Waals surface area contributed by atoms with E-state index in [1.165, 1.54) is 4.31 Å². The Hall–Kier alpha value is -0.240. The van der Waals surface area contributed by atoms with E-state index in [0.717, 1.165) is 19.3 Å². The van der Waals surface area contributed by atoms with Crippen molar-refractivity contribution in [3.63, 3.8) is 0 Å². The number of rotatable bonds is 6. The van der Waals surface area contributed by atoms with Gasteiger partial charge in [0, 0.05) is 31.6 Å². The Kier molecular flexibility index (Phi) is 6.16. The van der Waals surface area contributed by atoms with Gasteiger partial charge in [0.2, 0.25) is 0 Å². The molecular weight excluding hydrogens is 282 g/mol. The Labute approximate surface area is 122 Å². The van der Waals surface area contributed by atoms with Crippen LogP contribution in [0.4, 0.5) is 0 Å². The van der Waals surface area contributed by atoms with Crippen LogP contribution >= 0.6 is 12.2 Å². The summed E-state index contributed by atoms with van der Waals surface area (Å²) >= 11 is 4.93. The molecule has 5 nitrogen and oxygen atoms in total. The minimum Gasteiger partial charge on any atom is -0.393 e. The molecule has 2 atom stereocenters. The molecule has 0 spiro atoms. The minimum atomic E-state index is -3.40. The molecule has 1 heterocycles. The van der Waals surface area contributed by atoms with Gasteiger partial charge < -0.3 is 5.73 Å². The predicted octanol–water partition coefficient (Wildman–Crippen LogP) is 1.35. The second-order valence-electron chi connectivity index (χ2n) is 5.22. The third-order valence-electron chi connectivity index (χ3n) is 3.68. The quantitative estimate of drug-likeness (QED) is 0.752. The molecule has 1 rings (SSSR count). The normalized spacial score (nSPS) is 23.5. The van der Waals surface area contributed by atoms with Gasteiger partial charge in [0.15, 0.2) is 0 Å². The number of thiocarbonyl (C=S) groups is 1. The van der Waals surface area contributed by atoms with Crippen molar-refractivity contribution in [3.8, 4) is 0 Å². The zero-order chi connectivity index (χ0) is 14.6. The Morgan fingerprint density at radius 1 is 1.53 bits per heavy atom. The molecule has 112 valence electrons. The first kappa shape index (κ1) is 16.8. The van der Waals surface area contributed by atoms with Crippen molar-refractivity contribution in [2.45, 2.75) is 46.1 Å². The van der Waals surface area contributed by atoms with Gasteiger partial charge in [-0.25, -0.2) is 0 Å². The molecule has 0 amide bonds. The first-order chi connectivity index (χ1) is 8.80.